The van der Waals surface area contributed by atoms with E-state index in [0.717, 1.165) is 38.9 Å². The van der Waals surface area contributed by atoms with Crippen molar-refractivity contribution in [3.05, 3.63) is 78.8 Å². The van der Waals surface area contributed by atoms with Gasteiger partial charge in [0, 0.05) is 46.6 Å². The lowest BCUT2D eigenvalue weighted by Crippen LogP contribution is -1.98. The van der Waals surface area contributed by atoms with Crippen molar-refractivity contribution >= 4 is 44.7 Å². The van der Waals surface area contributed by atoms with Crippen molar-refractivity contribution in [1.29, 1.82) is 5.26 Å². The summed E-state index contributed by atoms with van der Waals surface area (Å²) in [7, 11) is 0. The Morgan fingerprint density at radius 1 is 0.714 bits per heavy atom. The first kappa shape index (κ1) is 16.0. The third-order valence-electron chi connectivity index (χ3n) is 4.61. The van der Waals surface area contributed by atoms with Gasteiger partial charge in [0.05, 0.1) is 0 Å². The van der Waals surface area contributed by atoms with E-state index in [0.29, 0.717) is 11.5 Å². The Kier molecular flexibility index (Phi) is 3.70. The predicted molar refractivity (Wildman–Crippen MR) is 112 cm³/mol. The highest BCUT2D eigenvalue weighted by molar-refractivity contribution is 5.85. The van der Waals surface area contributed by atoms with Crippen LogP contribution in [0.1, 0.15) is 5.69 Å². The number of benzene rings is 2. The van der Waals surface area contributed by atoms with Crippen molar-refractivity contribution in [1.82, 2.24) is 15.0 Å². The van der Waals surface area contributed by atoms with E-state index in [1.807, 2.05) is 67.0 Å². The number of fused-ring (bicyclic) bond motifs is 2. The summed E-state index contributed by atoms with van der Waals surface area (Å²) in [6, 6.07) is 21.9. The highest BCUT2D eigenvalue weighted by Gasteiger charge is 2.06. The Labute approximate surface area is 160 Å². The van der Waals surface area contributed by atoms with E-state index < -0.39 is 0 Å². The molecule has 5 rings (SSSR count). The van der Waals surface area contributed by atoms with Crippen LogP contribution >= 0.6 is 0 Å². The molecule has 6 heteroatoms. The zero-order valence-electron chi connectivity index (χ0n) is 14.8. The first-order chi connectivity index (χ1) is 13.8. The van der Waals surface area contributed by atoms with Gasteiger partial charge in [0.25, 0.3) is 0 Å². The van der Waals surface area contributed by atoms with Crippen LogP contribution in [-0.4, -0.2) is 15.0 Å². The molecule has 3 aromatic heterocycles. The maximum atomic E-state index is 9.37. The van der Waals surface area contributed by atoms with Crippen LogP contribution in [0.3, 0.4) is 0 Å². The van der Waals surface area contributed by atoms with Crippen molar-refractivity contribution in [3.8, 4) is 6.07 Å². The number of aromatic amines is 2. The zero-order chi connectivity index (χ0) is 18.9. The molecule has 28 heavy (non-hydrogen) atoms. The molecule has 0 bridgehead atoms. The second-order valence-electron chi connectivity index (χ2n) is 6.55. The SMILES string of the molecule is N#Cc1cc(Nc2ccc3cc[nH]c3c2)cc(Nc2ccc3cc[nH]c3c2)n1. The van der Waals surface area contributed by atoms with Gasteiger partial charge in [0.15, 0.2) is 0 Å². The van der Waals surface area contributed by atoms with Gasteiger partial charge in [0.2, 0.25) is 0 Å². The average molecular weight is 364 g/mol. The summed E-state index contributed by atoms with van der Waals surface area (Å²) >= 11 is 0. The van der Waals surface area contributed by atoms with Crippen LogP contribution in [-0.2, 0) is 0 Å². The molecule has 0 fully saturated rings. The number of nitrogens with one attached hydrogen (secondary N) is 4. The fourth-order valence-corrected chi connectivity index (χ4v) is 3.29. The molecule has 0 saturated carbocycles. The number of nitrogens with zero attached hydrogens (tertiary/aromatic N) is 2. The Morgan fingerprint density at radius 3 is 2.00 bits per heavy atom. The minimum Gasteiger partial charge on any atom is -0.361 e. The van der Waals surface area contributed by atoms with Crippen molar-refractivity contribution in [2.24, 2.45) is 0 Å². The fourth-order valence-electron chi connectivity index (χ4n) is 3.29. The summed E-state index contributed by atoms with van der Waals surface area (Å²) in [4.78, 5) is 10.8. The molecule has 0 unspecified atom stereocenters. The molecular formula is C22H16N6. The van der Waals surface area contributed by atoms with Gasteiger partial charge in [-0.3, -0.25) is 0 Å². The quantitative estimate of drug-likeness (QED) is 0.343. The van der Waals surface area contributed by atoms with Crippen molar-refractivity contribution < 1.29 is 0 Å². The van der Waals surface area contributed by atoms with Crippen LogP contribution in [0.4, 0.5) is 22.9 Å². The van der Waals surface area contributed by atoms with Crippen molar-refractivity contribution in [2.75, 3.05) is 10.6 Å². The smallest absolute Gasteiger partial charge is 0.144 e. The fraction of sp³-hybridized carbons (Fsp3) is 0. The molecular weight excluding hydrogens is 348 g/mol. The normalized spacial score (nSPS) is 10.8. The van der Waals surface area contributed by atoms with Gasteiger partial charge in [-0.25, -0.2) is 4.98 Å². The molecule has 3 heterocycles. The number of hydrogen-bond acceptors (Lipinski definition) is 4. The Morgan fingerprint density at radius 2 is 1.36 bits per heavy atom. The Hall–Kier alpha value is -4.24. The lowest BCUT2D eigenvalue weighted by Gasteiger charge is -2.11. The van der Waals surface area contributed by atoms with Gasteiger partial charge in [-0.2, -0.15) is 5.26 Å². The Balaban J connectivity index is 1.46. The number of aromatic nitrogens is 3. The van der Waals surface area contributed by atoms with E-state index in [2.05, 4.69) is 31.7 Å². The summed E-state index contributed by atoms with van der Waals surface area (Å²) in [5.41, 5.74) is 5.06. The molecule has 0 saturated heterocycles. The van der Waals surface area contributed by atoms with E-state index in [1.54, 1.807) is 6.07 Å². The Bertz CT molecular complexity index is 1240. The molecule has 134 valence electrons. The number of H-pyrrole nitrogens is 2. The van der Waals surface area contributed by atoms with Crippen LogP contribution in [0, 0.1) is 11.3 Å². The third-order valence-corrected chi connectivity index (χ3v) is 4.61. The highest BCUT2D eigenvalue weighted by Crippen LogP contribution is 2.26. The number of hydrogen-bond donors (Lipinski definition) is 4. The standard InChI is InChI=1S/C22H16N6/c23-13-19-9-18(26-16-3-1-14-5-7-24-20(14)10-16)12-22(28-19)27-17-4-2-15-6-8-25-21(15)11-17/h1-12,24-25H,(H2,26,27,28). The van der Waals surface area contributed by atoms with Crippen LogP contribution in [0.25, 0.3) is 21.8 Å². The topological polar surface area (TPSA) is 92.3 Å². The number of rotatable bonds is 4. The first-order valence-corrected chi connectivity index (χ1v) is 8.87. The molecule has 0 atom stereocenters. The molecule has 5 aromatic rings. The number of nitriles is 1. The maximum absolute atomic E-state index is 9.37. The predicted octanol–water partition coefficient (Wildman–Crippen LogP) is 5.40. The van der Waals surface area contributed by atoms with Crippen LogP contribution in [0.15, 0.2) is 73.1 Å². The van der Waals surface area contributed by atoms with Gasteiger partial charge in [-0.1, -0.05) is 12.1 Å². The second-order valence-corrected chi connectivity index (χ2v) is 6.55. The minimum absolute atomic E-state index is 0.342. The van der Waals surface area contributed by atoms with Gasteiger partial charge in [-0.05, 0) is 53.2 Å². The third kappa shape index (κ3) is 3.02. The summed E-state index contributed by atoms with van der Waals surface area (Å²) in [6.45, 7) is 0. The molecule has 0 spiro atoms. The van der Waals surface area contributed by atoms with Gasteiger partial charge in [0.1, 0.15) is 17.6 Å². The lowest BCUT2D eigenvalue weighted by atomic mass is 10.2. The lowest BCUT2D eigenvalue weighted by molar-refractivity contribution is 1.25. The maximum Gasteiger partial charge on any atom is 0.144 e. The van der Waals surface area contributed by atoms with Crippen LogP contribution in [0.5, 0.6) is 0 Å². The molecule has 0 aliphatic heterocycles. The summed E-state index contributed by atoms with van der Waals surface area (Å²) in [6.07, 6.45) is 3.82. The van der Waals surface area contributed by atoms with Crippen LogP contribution in [0.2, 0.25) is 0 Å². The monoisotopic (exact) mass is 364 g/mol. The van der Waals surface area contributed by atoms with Crippen molar-refractivity contribution in [3.63, 3.8) is 0 Å². The van der Waals surface area contributed by atoms with Crippen LogP contribution < -0.4 is 10.6 Å². The van der Waals surface area contributed by atoms with E-state index in [9.17, 15) is 5.26 Å². The second kappa shape index (κ2) is 6.49. The molecule has 0 amide bonds. The molecule has 0 aliphatic rings. The number of anilines is 4. The minimum atomic E-state index is 0.342. The van der Waals surface area contributed by atoms with E-state index >= 15 is 0 Å². The van der Waals surface area contributed by atoms with Gasteiger partial charge < -0.3 is 20.6 Å². The highest BCUT2D eigenvalue weighted by atomic mass is 15.0. The molecule has 0 radical (unpaired) electrons. The van der Waals surface area contributed by atoms with E-state index in [4.69, 9.17) is 0 Å². The molecule has 6 nitrogen and oxygen atoms in total. The zero-order valence-corrected chi connectivity index (χ0v) is 14.8. The summed E-state index contributed by atoms with van der Waals surface area (Å²) in [5.74, 6) is 0.605. The number of pyridine rings is 1. The molecule has 2 aromatic carbocycles. The van der Waals surface area contributed by atoms with Gasteiger partial charge >= 0.3 is 0 Å². The van der Waals surface area contributed by atoms with Crippen molar-refractivity contribution in [2.45, 2.75) is 0 Å². The first-order valence-electron chi connectivity index (χ1n) is 8.87. The van der Waals surface area contributed by atoms with Gasteiger partial charge in [-0.15, -0.1) is 0 Å². The molecule has 0 aliphatic carbocycles. The summed E-state index contributed by atoms with van der Waals surface area (Å²) < 4.78 is 0. The average Bonchev–Trinajstić information content (AvgIpc) is 3.36. The summed E-state index contributed by atoms with van der Waals surface area (Å²) in [5, 5.41) is 18.3. The largest absolute Gasteiger partial charge is 0.361 e. The van der Waals surface area contributed by atoms with E-state index in [-0.39, 0.29) is 0 Å². The van der Waals surface area contributed by atoms with E-state index in [1.165, 1.54) is 0 Å². The molecule has 4 N–H and O–H groups in total.